The Kier molecular flexibility index (Phi) is 5.77. The maximum atomic E-state index is 12.5. The SMILES string of the molecule is COCCCN1C(=O)c2ccc(NC(=O)Nc3ncc(Br)cn3)cc2C1=O. The molecule has 0 atom stereocenters. The van der Waals surface area contributed by atoms with Crippen LogP contribution in [-0.4, -0.2) is 53.0 Å². The molecule has 2 heterocycles. The Morgan fingerprint density at radius 1 is 1.15 bits per heavy atom. The van der Waals surface area contributed by atoms with Crippen molar-refractivity contribution < 1.29 is 19.1 Å². The Balaban J connectivity index is 1.68. The summed E-state index contributed by atoms with van der Waals surface area (Å²) in [5.74, 6) is -0.593. The van der Waals surface area contributed by atoms with Crippen LogP contribution in [0.1, 0.15) is 27.1 Å². The normalized spacial score (nSPS) is 12.9. The average molecular weight is 434 g/mol. The van der Waals surface area contributed by atoms with E-state index in [0.29, 0.717) is 28.8 Å². The van der Waals surface area contributed by atoms with Crippen LogP contribution < -0.4 is 10.6 Å². The van der Waals surface area contributed by atoms with Crippen LogP contribution in [0.4, 0.5) is 16.4 Å². The molecular weight excluding hydrogens is 418 g/mol. The Bertz CT molecular complexity index is 887. The van der Waals surface area contributed by atoms with E-state index in [4.69, 9.17) is 4.74 Å². The van der Waals surface area contributed by atoms with Crippen molar-refractivity contribution in [2.45, 2.75) is 6.42 Å². The number of nitrogens with one attached hydrogen (secondary N) is 2. The maximum absolute atomic E-state index is 12.5. The fraction of sp³-hybridized carbons (Fsp3) is 0.235. The molecule has 4 amide bonds. The number of nitrogens with zero attached hydrogens (tertiary/aromatic N) is 3. The predicted octanol–water partition coefficient (Wildman–Crippen LogP) is 2.52. The number of urea groups is 1. The fourth-order valence-electron chi connectivity index (χ4n) is 2.58. The smallest absolute Gasteiger partial charge is 0.326 e. The molecule has 140 valence electrons. The van der Waals surface area contributed by atoms with Crippen LogP contribution in [0, 0.1) is 0 Å². The summed E-state index contributed by atoms with van der Waals surface area (Å²) >= 11 is 3.21. The Hall–Kier alpha value is -2.85. The Morgan fingerprint density at radius 2 is 1.85 bits per heavy atom. The molecule has 10 heteroatoms. The molecule has 1 aliphatic heterocycles. The second-order valence-corrected chi connectivity index (χ2v) is 6.59. The van der Waals surface area contributed by atoms with E-state index >= 15 is 0 Å². The molecule has 1 aromatic heterocycles. The lowest BCUT2D eigenvalue weighted by Crippen LogP contribution is -2.31. The highest BCUT2D eigenvalue weighted by atomic mass is 79.9. The monoisotopic (exact) mass is 433 g/mol. The zero-order valence-electron chi connectivity index (χ0n) is 14.4. The fourth-order valence-corrected chi connectivity index (χ4v) is 2.78. The Morgan fingerprint density at radius 3 is 2.56 bits per heavy atom. The van der Waals surface area contributed by atoms with Gasteiger partial charge in [0, 0.05) is 38.3 Å². The van der Waals surface area contributed by atoms with Crippen molar-refractivity contribution in [1.29, 1.82) is 0 Å². The molecule has 0 aliphatic carbocycles. The summed E-state index contributed by atoms with van der Waals surface area (Å²) in [5, 5.41) is 5.07. The summed E-state index contributed by atoms with van der Waals surface area (Å²) in [6.45, 7) is 0.739. The first-order valence-electron chi connectivity index (χ1n) is 8.04. The molecule has 2 aromatic rings. The molecule has 0 saturated heterocycles. The van der Waals surface area contributed by atoms with Crippen molar-refractivity contribution >= 4 is 45.4 Å². The number of imide groups is 1. The topological polar surface area (TPSA) is 114 Å². The lowest BCUT2D eigenvalue weighted by Gasteiger charge is -2.12. The first kappa shape index (κ1) is 18.9. The molecule has 0 bridgehead atoms. The highest BCUT2D eigenvalue weighted by Gasteiger charge is 2.35. The van der Waals surface area contributed by atoms with Gasteiger partial charge in [0.25, 0.3) is 11.8 Å². The van der Waals surface area contributed by atoms with Gasteiger partial charge in [-0.05, 0) is 40.5 Å². The third kappa shape index (κ3) is 4.29. The number of ether oxygens (including phenoxy) is 1. The van der Waals surface area contributed by atoms with Crippen molar-refractivity contribution in [3.05, 3.63) is 46.2 Å². The molecule has 1 aliphatic rings. The predicted molar refractivity (Wildman–Crippen MR) is 101 cm³/mol. The number of hydrogen-bond acceptors (Lipinski definition) is 6. The van der Waals surface area contributed by atoms with Crippen molar-refractivity contribution in [2.24, 2.45) is 0 Å². The van der Waals surface area contributed by atoms with E-state index in [1.54, 1.807) is 13.2 Å². The zero-order chi connectivity index (χ0) is 19.4. The number of amides is 4. The standard InChI is InChI=1S/C17H16BrN5O4/c1-27-6-2-5-23-14(24)12-4-3-11(7-13(12)15(23)25)21-17(26)22-16-19-8-10(18)9-20-16/h3-4,7-9H,2,5-6H2,1H3,(H2,19,20,21,22,26). The molecule has 1 aromatic carbocycles. The lowest BCUT2D eigenvalue weighted by atomic mass is 10.1. The maximum Gasteiger partial charge on any atom is 0.326 e. The molecule has 0 saturated carbocycles. The molecular formula is C17H16BrN5O4. The van der Waals surface area contributed by atoms with Gasteiger partial charge in [0.05, 0.1) is 15.6 Å². The molecule has 0 unspecified atom stereocenters. The van der Waals surface area contributed by atoms with E-state index in [-0.39, 0.29) is 29.9 Å². The first-order chi connectivity index (χ1) is 13.0. The summed E-state index contributed by atoms with van der Waals surface area (Å²) in [6.07, 6.45) is 3.56. The molecule has 9 nitrogen and oxygen atoms in total. The number of halogens is 1. The van der Waals surface area contributed by atoms with Gasteiger partial charge in [0.15, 0.2) is 0 Å². The van der Waals surface area contributed by atoms with E-state index in [9.17, 15) is 14.4 Å². The second kappa shape index (κ2) is 8.23. The van der Waals surface area contributed by atoms with Crippen LogP contribution in [0.2, 0.25) is 0 Å². The Labute approximate surface area is 163 Å². The van der Waals surface area contributed by atoms with Gasteiger partial charge in [0.2, 0.25) is 5.95 Å². The van der Waals surface area contributed by atoms with Crippen LogP contribution in [0.25, 0.3) is 0 Å². The summed E-state index contributed by atoms with van der Waals surface area (Å²) in [6, 6.07) is 4.00. The summed E-state index contributed by atoms with van der Waals surface area (Å²) < 4.78 is 5.64. The summed E-state index contributed by atoms with van der Waals surface area (Å²) in [4.78, 5) is 45.9. The number of carbonyl (C=O) groups is 3. The van der Waals surface area contributed by atoms with Crippen molar-refractivity contribution in [2.75, 3.05) is 30.9 Å². The van der Waals surface area contributed by atoms with Gasteiger partial charge in [-0.3, -0.25) is 19.8 Å². The van der Waals surface area contributed by atoms with E-state index in [1.165, 1.54) is 29.4 Å². The lowest BCUT2D eigenvalue weighted by molar-refractivity contribution is 0.0638. The number of benzene rings is 1. The minimum atomic E-state index is -0.564. The number of rotatable bonds is 6. The molecule has 0 spiro atoms. The summed E-state index contributed by atoms with van der Waals surface area (Å²) in [7, 11) is 1.56. The van der Waals surface area contributed by atoms with Gasteiger partial charge in [-0.1, -0.05) is 0 Å². The molecule has 0 fully saturated rings. The van der Waals surface area contributed by atoms with Crippen LogP contribution in [0.3, 0.4) is 0 Å². The van der Waals surface area contributed by atoms with E-state index in [0.717, 1.165) is 0 Å². The van der Waals surface area contributed by atoms with Crippen LogP contribution in [0.5, 0.6) is 0 Å². The number of carbonyl (C=O) groups excluding carboxylic acids is 3. The van der Waals surface area contributed by atoms with Gasteiger partial charge < -0.3 is 10.1 Å². The van der Waals surface area contributed by atoms with E-state index in [2.05, 4.69) is 36.5 Å². The largest absolute Gasteiger partial charge is 0.385 e. The van der Waals surface area contributed by atoms with Crippen LogP contribution in [-0.2, 0) is 4.74 Å². The van der Waals surface area contributed by atoms with Gasteiger partial charge in [-0.2, -0.15) is 0 Å². The highest BCUT2D eigenvalue weighted by molar-refractivity contribution is 9.10. The van der Waals surface area contributed by atoms with Gasteiger partial charge in [-0.25, -0.2) is 14.8 Å². The summed E-state index contributed by atoms with van der Waals surface area (Å²) in [5.41, 5.74) is 0.956. The minimum absolute atomic E-state index is 0.132. The van der Waals surface area contributed by atoms with Crippen molar-refractivity contribution in [3.63, 3.8) is 0 Å². The number of methoxy groups -OCH3 is 1. The van der Waals surface area contributed by atoms with E-state index in [1.807, 2.05) is 0 Å². The van der Waals surface area contributed by atoms with Crippen molar-refractivity contribution in [3.8, 4) is 0 Å². The van der Waals surface area contributed by atoms with E-state index < -0.39 is 6.03 Å². The highest BCUT2D eigenvalue weighted by Crippen LogP contribution is 2.26. The van der Waals surface area contributed by atoms with Gasteiger partial charge >= 0.3 is 6.03 Å². The first-order valence-corrected chi connectivity index (χ1v) is 8.83. The van der Waals surface area contributed by atoms with Crippen LogP contribution >= 0.6 is 15.9 Å². The third-order valence-corrected chi connectivity index (χ3v) is 4.21. The van der Waals surface area contributed by atoms with Gasteiger partial charge in [-0.15, -0.1) is 0 Å². The second-order valence-electron chi connectivity index (χ2n) is 5.67. The number of fused-ring (bicyclic) bond motifs is 1. The molecule has 2 N–H and O–H groups in total. The quantitative estimate of drug-likeness (QED) is 0.534. The molecule has 27 heavy (non-hydrogen) atoms. The average Bonchev–Trinajstić information content (AvgIpc) is 2.88. The van der Waals surface area contributed by atoms with Gasteiger partial charge in [0.1, 0.15) is 0 Å². The number of hydrogen-bond donors (Lipinski definition) is 2. The minimum Gasteiger partial charge on any atom is -0.385 e. The molecule has 0 radical (unpaired) electrons. The molecule has 3 rings (SSSR count). The van der Waals surface area contributed by atoms with Crippen molar-refractivity contribution in [1.82, 2.24) is 14.9 Å². The third-order valence-electron chi connectivity index (χ3n) is 3.80. The number of anilines is 2. The number of aromatic nitrogens is 2. The zero-order valence-corrected chi connectivity index (χ0v) is 15.9. The van der Waals surface area contributed by atoms with Crippen LogP contribution in [0.15, 0.2) is 35.1 Å².